The summed E-state index contributed by atoms with van der Waals surface area (Å²) in [4.78, 5) is 34.1. The first-order valence-corrected chi connectivity index (χ1v) is 6.58. The molecule has 1 rings (SSSR count). The average Bonchev–Trinajstić information content (AvgIpc) is 2.76. The molecule has 0 spiro atoms. The molecule has 4 N–H and O–H groups in total. The van der Waals surface area contributed by atoms with Crippen molar-refractivity contribution in [1.82, 2.24) is 16.0 Å². The Morgan fingerprint density at radius 1 is 1.15 bits per heavy atom. The smallest absolute Gasteiger partial charge is 0.315 e. The number of hydrogen-bond donors (Lipinski definition) is 4. The van der Waals surface area contributed by atoms with E-state index in [1.54, 1.807) is 19.1 Å². The number of carbonyl (C=O) groups is 3. The maximum Gasteiger partial charge on any atom is 0.315 e. The summed E-state index contributed by atoms with van der Waals surface area (Å²) in [5, 5.41) is 16.7. The molecule has 0 saturated heterocycles. The zero-order valence-corrected chi connectivity index (χ0v) is 11.8. The molecular weight excluding hydrogens is 262 g/mol. The van der Waals surface area contributed by atoms with Gasteiger partial charge in [-0.25, -0.2) is 4.79 Å². The van der Waals surface area contributed by atoms with Crippen LogP contribution in [0.25, 0.3) is 0 Å². The van der Waals surface area contributed by atoms with Crippen LogP contribution >= 0.6 is 0 Å². The van der Waals surface area contributed by atoms with Gasteiger partial charge in [-0.3, -0.25) is 9.59 Å². The molecule has 3 amide bonds. The van der Waals surface area contributed by atoms with E-state index < -0.39 is 24.0 Å². The van der Waals surface area contributed by atoms with Crippen molar-refractivity contribution in [3.05, 3.63) is 12.2 Å². The lowest BCUT2D eigenvalue weighted by Gasteiger charge is -2.18. The topological polar surface area (TPSA) is 108 Å². The lowest BCUT2D eigenvalue weighted by molar-refractivity contribution is -0.140. The van der Waals surface area contributed by atoms with Gasteiger partial charge in [0.15, 0.2) is 0 Å². The van der Waals surface area contributed by atoms with Gasteiger partial charge in [0.25, 0.3) is 0 Å². The van der Waals surface area contributed by atoms with Crippen molar-refractivity contribution in [3.8, 4) is 0 Å². The summed E-state index contributed by atoms with van der Waals surface area (Å²) in [5.74, 6) is -1.74. The van der Waals surface area contributed by atoms with Gasteiger partial charge >= 0.3 is 12.0 Å². The summed E-state index contributed by atoms with van der Waals surface area (Å²) in [7, 11) is 0. The molecule has 20 heavy (non-hydrogen) atoms. The summed E-state index contributed by atoms with van der Waals surface area (Å²) in [5.41, 5.74) is 0. The van der Waals surface area contributed by atoms with Crippen LogP contribution < -0.4 is 16.0 Å². The van der Waals surface area contributed by atoms with Crippen LogP contribution in [0.4, 0.5) is 4.79 Å². The minimum absolute atomic E-state index is 0.00361. The fourth-order valence-corrected chi connectivity index (χ4v) is 1.87. The Labute approximate surface area is 117 Å². The molecule has 3 unspecified atom stereocenters. The van der Waals surface area contributed by atoms with Gasteiger partial charge in [0.2, 0.25) is 5.91 Å². The molecule has 0 aliphatic heterocycles. The first kappa shape index (κ1) is 16.0. The number of aliphatic carboxylic acids is 1. The number of rotatable bonds is 5. The molecule has 0 aromatic carbocycles. The van der Waals surface area contributed by atoms with Crippen LogP contribution in [0.1, 0.15) is 27.2 Å². The number of carboxylic acid groups (broad SMARTS) is 1. The molecule has 3 atom stereocenters. The minimum atomic E-state index is -0.907. The van der Waals surface area contributed by atoms with E-state index >= 15 is 0 Å². The molecule has 1 aliphatic carbocycles. The Hall–Kier alpha value is -2.05. The Morgan fingerprint density at radius 2 is 1.80 bits per heavy atom. The largest absolute Gasteiger partial charge is 0.481 e. The average molecular weight is 283 g/mol. The molecule has 0 aromatic rings. The van der Waals surface area contributed by atoms with Crippen LogP contribution in [-0.2, 0) is 9.59 Å². The van der Waals surface area contributed by atoms with Gasteiger partial charge in [-0.1, -0.05) is 12.2 Å². The van der Waals surface area contributed by atoms with Crippen LogP contribution in [0.3, 0.4) is 0 Å². The summed E-state index contributed by atoms with van der Waals surface area (Å²) < 4.78 is 0. The second-order valence-corrected chi connectivity index (χ2v) is 5.17. The Bertz CT molecular complexity index is 420. The summed E-state index contributed by atoms with van der Waals surface area (Å²) in [6.45, 7) is 5.25. The summed E-state index contributed by atoms with van der Waals surface area (Å²) in [6.07, 6.45) is 3.54. The van der Waals surface area contributed by atoms with E-state index in [0.29, 0.717) is 6.42 Å². The highest BCUT2D eigenvalue weighted by Gasteiger charge is 2.26. The first-order chi connectivity index (χ1) is 9.29. The van der Waals surface area contributed by atoms with Gasteiger partial charge < -0.3 is 21.1 Å². The highest BCUT2D eigenvalue weighted by Crippen LogP contribution is 2.17. The molecule has 0 radical (unpaired) electrons. The lowest BCUT2D eigenvalue weighted by atomic mass is 10.1. The predicted molar refractivity (Wildman–Crippen MR) is 73.1 cm³/mol. The van der Waals surface area contributed by atoms with Gasteiger partial charge in [-0.05, 0) is 27.2 Å². The zero-order chi connectivity index (χ0) is 15.3. The Kier molecular flexibility index (Phi) is 5.54. The van der Waals surface area contributed by atoms with Crippen molar-refractivity contribution in [2.75, 3.05) is 0 Å². The predicted octanol–water partition coefficient (Wildman–Crippen LogP) is 0.228. The number of nitrogens with one attached hydrogen (secondary N) is 3. The van der Waals surface area contributed by atoms with Gasteiger partial charge in [-0.15, -0.1) is 0 Å². The van der Waals surface area contributed by atoms with E-state index in [1.165, 1.54) is 0 Å². The maximum absolute atomic E-state index is 11.7. The van der Waals surface area contributed by atoms with Crippen molar-refractivity contribution >= 4 is 17.9 Å². The van der Waals surface area contributed by atoms with E-state index in [2.05, 4.69) is 16.0 Å². The van der Waals surface area contributed by atoms with E-state index in [4.69, 9.17) is 5.11 Å². The SMILES string of the molecule is CC(C)NC(=O)C(C)NC(=O)NC1C=CC(C(=O)O)C1. The normalized spacial score (nSPS) is 22.4. The first-order valence-electron chi connectivity index (χ1n) is 6.58. The summed E-state index contributed by atoms with van der Waals surface area (Å²) >= 11 is 0. The quantitative estimate of drug-likeness (QED) is 0.542. The number of hydrogen-bond acceptors (Lipinski definition) is 3. The van der Waals surface area contributed by atoms with Crippen LogP contribution in [0.15, 0.2) is 12.2 Å². The molecule has 0 heterocycles. The summed E-state index contributed by atoms with van der Waals surface area (Å²) in [6, 6.07) is -1.46. The van der Waals surface area contributed by atoms with Gasteiger partial charge in [0, 0.05) is 6.04 Å². The number of amides is 3. The van der Waals surface area contributed by atoms with Crippen molar-refractivity contribution < 1.29 is 19.5 Å². The number of urea groups is 1. The van der Waals surface area contributed by atoms with Gasteiger partial charge in [-0.2, -0.15) is 0 Å². The van der Waals surface area contributed by atoms with Crippen LogP contribution in [0.2, 0.25) is 0 Å². The third kappa shape index (κ3) is 4.91. The molecule has 0 fully saturated rings. The third-order valence-corrected chi connectivity index (χ3v) is 2.89. The molecule has 1 aliphatic rings. The molecule has 0 saturated carbocycles. The van der Waals surface area contributed by atoms with Crippen molar-refractivity contribution in [2.45, 2.75) is 45.3 Å². The van der Waals surface area contributed by atoms with Gasteiger partial charge in [0.05, 0.1) is 12.0 Å². The Balaban J connectivity index is 2.36. The molecule has 7 heteroatoms. The Morgan fingerprint density at radius 3 is 2.30 bits per heavy atom. The molecule has 0 aromatic heterocycles. The fraction of sp³-hybridized carbons (Fsp3) is 0.615. The number of carboxylic acids is 1. The second kappa shape index (κ2) is 6.93. The van der Waals surface area contributed by atoms with E-state index in [-0.39, 0.29) is 18.0 Å². The lowest BCUT2D eigenvalue weighted by Crippen LogP contribution is -2.51. The zero-order valence-electron chi connectivity index (χ0n) is 11.8. The monoisotopic (exact) mass is 283 g/mol. The molecular formula is C13H21N3O4. The van der Waals surface area contributed by atoms with E-state index in [9.17, 15) is 14.4 Å². The highest BCUT2D eigenvalue weighted by molar-refractivity contribution is 5.87. The molecule has 0 bridgehead atoms. The minimum Gasteiger partial charge on any atom is -0.481 e. The fourth-order valence-electron chi connectivity index (χ4n) is 1.87. The van der Waals surface area contributed by atoms with Crippen LogP contribution in [0, 0.1) is 5.92 Å². The molecule has 112 valence electrons. The van der Waals surface area contributed by atoms with Crippen molar-refractivity contribution in [1.29, 1.82) is 0 Å². The molecule has 7 nitrogen and oxygen atoms in total. The van der Waals surface area contributed by atoms with E-state index in [1.807, 2.05) is 13.8 Å². The van der Waals surface area contributed by atoms with Crippen LogP contribution in [0.5, 0.6) is 0 Å². The maximum atomic E-state index is 11.7. The van der Waals surface area contributed by atoms with Crippen molar-refractivity contribution in [2.24, 2.45) is 5.92 Å². The van der Waals surface area contributed by atoms with Crippen LogP contribution in [-0.4, -0.2) is 41.1 Å². The van der Waals surface area contributed by atoms with Gasteiger partial charge in [0.1, 0.15) is 6.04 Å². The number of carbonyl (C=O) groups excluding carboxylic acids is 2. The standard InChI is InChI=1S/C13H21N3O4/c1-7(2)14-11(17)8(3)15-13(20)16-10-5-4-9(6-10)12(18)19/h4-5,7-10H,6H2,1-3H3,(H,14,17)(H,18,19)(H2,15,16,20). The second-order valence-electron chi connectivity index (χ2n) is 5.17. The van der Waals surface area contributed by atoms with Crippen molar-refractivity contribution in [3.63, 3.8) is 0 Å². The highest BCUT2D eigenvalue weighted by atomic mass is 16.4. The third-order valence-electron chi connectivity index (χ3n) is 2.89. The van der Waals surface area contributed by atoms with E-state index in [0.717, 1.165) is 0 Å².